The fourth-order valence-corrected chi connectivity index (χ4v) is 4.85. The normalized spacial score (nSPS) is 13.8. The number of amides is 2. The Balaban J connectivity index is 1.70. The number of allylic oxidation sites excluding steroid dienone is 2. The summed E-state index contributed by atoms with van der Waals surface area (Å²) in [5.74, 6) is 1.23. The highest BCUT2D eigenvalue weighted by Crippen LogP contribution is 2.39. The molecule has 39 heavy (non-hydrogen) atoms. The summed E-state index contributed by atoms with van der Waals surface area (Å²) in [6.07, 6.45) is 7.79. The minimum atomic E-state index is -0.786. The number of nitrogens with one attached hydrogen (secondary N) is 1. The SMILES string of the molecule is C=C/C=C(\C=C)CNC(=O)C(c1ccc(OC)c2ccccc12)N(C(=O)CCc1ccc(OC)cc1)C1CC1. The number of aryl methyl sites for hydroxylation is 1. The second-order valence-electron chi connectivity index (χ2n) is 9.58. The van der Waals surface area contributed by atoms with Gasteiger partial charge in [0, 0.05) is 24.4 Å². The van der Waals surface area contributed by atoms with Gasteiger partial charge in [0.05, 0.1) is 14.2 Å². The van der Waals surface area contributed by atoms with Gasteiger partial charge in [0.25, 0.3) is 0 Å². The predicted octanol–water partition coefficient (Wildman–Crippen LogP) is 5.94. The third-order valence-electron chi connectivity index (χ3n) is 7.03. The van der Waals surface area contributed by atoms with Gasteiger partial charge in [-0.25, -0.2) is 0 Å². The molecule has 202 valence electrons. The Morgan fingerprint density at radius 3 is 2.33 bits per heavy atom. The predicted molar refractivity (Wildman–Crippen MR) is 156 cm³/mol. The molecule has 3 aromatic rings. The van der Waals surface area contributed by atoms with Crippen LogP contribution in [-0.4, -0.2) is 43.5 Å². The Morgan fingerprint density at radius 1 is 1.00 bits per heavy atom. The third kappa shape index (κ3) is 6.58. The second kappa shape index (κ2) is 13.0. The highest BCUT2D eigenvalue weighted by atomic mass is 16.5. The molecule has 1 unspecified atom stereocenters. The fourth-order valence-electron chi connectivity index (χ4n) is 4.85. The Bertz CT molecular complexity index is 1370. The molecule has 6 nitrogen and oxygen atoms in total. The maximum Gasteiger partial charge on any atom is 0.247 e. The number of methoxy groups -OCH3 is 2. The van der Waals surface area contributed by atoms with Gasteiger partial charge in [-0.3, -0.25) is 9.59 Å². The number of benzene rings is 3. The molecule has 1 aliphatic carbocycles. The van der Waals surface area contributed by atoms with E-state index in [1.54, 1.807) is 31.3 Å². The molecule has 3 aromatic carbocycles. The van der Waals surface area contributed by atoms with Gasteiger partial charge in [0.15, 0.2) is 0 Å². The molecule has 6 heteroatoms. The van der Waals surface area contributed by atoms with Gasteiger partial charge < -0.3 is 19.7 Å². The van der Waals surface area contributed by atoms with Crippen LogP contribution in [0.5, 0.6) is 11.5 Å². The van der Waals surface area contributed by atoms with Crippen molar-refractivity contribution in [3.05, 3.63) is 109 Å². The maximum atomic E-state index is 14.0. The van der Waals surface area contributed by atoms with Crippen LogP contribution in [0.2, 0.25) is 0 Å². The molecular formula is C33H36N2O4. The van der Waals surface area contributed by atoms with E-state index in [-0.39, 0.29) is 24.4 Å². The van der Waals surface area contributed by atoms with Gasteiger partial charge in [-0.05, 0) is 59.5 Å². The zero-order valence-corrected chi connectivity index (χ0v) is 22.7. The zero-order valence-electron chi connectivity index (χ0n) is 22.7. The summed E-state index contributed by atoms with van der Waals surface area (Å²) in [6, 6.07) is 18.6. The minimum Gasteiger partial charge on any atom is -0.497 e. The van der Waals surface area contributed by atoms with Crippen molar-refractivity contribution in [2.24, 2.45) is 0 Å². The molecule has 1 saturated carbocycles. The van der Waals surface area contributed by atoms with E-state index in [2.05, 4.69) is 18.5 Å². The molecule has 2 amide bonds. The van der Waals surface area contributed by atoms with Crippen LogP contribution < -0.4 is 14.8 Å². The first-order valence-corrected chi connectivity index (χ1v) is 13.2. The highest BCUT2D eigenvalue weighted by Gasteiger charge is 2.41. The van der Waals surface area contributed by atoms with Crippen molar-refractivity contribution in [3.63, 3.8) is 0 Å². The average Bonchev–Trinajstić information content (AvgIpc) is 3.81. The lowest BCUT2D eigenvalue weighted by Crippen LogP contribution is -2.45. The number of hydrogen-bond donors (Lipinski definition) is 1. The van der Waals surface area contributed by atoms with E-state index in [0.29, 0.717) is 12.8 Å². The maximum absolute atomic E-state index is 14.0. The lowest BCUT2D eigenvalue weighted by atomic mass is 9.95. The number of rotatable bonds is 13. The Hall–Kier alpha value is -4.32. The third-order valence-corrected chi connectivity index (χ3v) is 7.03. The monoisotopic (exact) mass is 524 g/mol. The number of hydrogen-bond acceptors (Lipinski definition) is 4. The number of fused-ring (bicyclic) bond motifs is 1. The van der Waals surface area contributed by atoms with Crippen molar-refractivity contribution in [1.29, 1.82) is 0 Å². The Kier molecular flexibility index (Phi) is 9.21. The largest absolute Gasteiger partial charge is 0.497 e. The van der Waals surface area contributed by atoms with Gasteiger partial charge in [-0.2, -0.15) is 0 Å². The number of ether oxygens (including phenoxy) is 2. The van der Waals surface area contributed by atoms with Gasteiger partial charge >= 0.3 is 0 Å². The molecule has 1 fully saturated rings. The number of carbonyl (C=O) groups excluding carboxylic acids is 2. The van der Waals surface area contributed by atoms with Gasteiger partial charge in [0.2, 0.25) is 11.8 Å². The first kappa shape index (κ1) is 27.7. The number of carbonyl (C=O) groups is 2. The standard InChI is InChI=1S/C33H36N2O4/c1-5-9-23(6-2)22-34-33(37)32(29-19-20-30(39-4)28-11-8-7-10-27(28)29)35(25-15-16-25)31(36)21-14-24-12-17-26(38-3)18-13-24/h5-13,17-20,25,32H,1-2,14-16,21-22H2,3-4H3,(H,34,37)/b23-9+. The van der Waals surface area contributed by atoms with Crippen molar-refractivity contribution >= 4 is 22.6 Å². The van der Waals surface area contributed by atoms with E-state index >= 15 is 0 Å². The summed E-state index contributed by atoms with van der Waals surface area (Å²) in [7, 11) is 3.26. The lowest BCUT2D eigenvalue weighted by Gasteiger charge is -2.32. The quantitative estimate of drug-likeness (QED) is 0.281. The molecule has 0 spiro atoms. The molecule has 0 heterocycles. The summed E-state index contributed by atoms with van der Waals surface area (Å²) in [5, 5.41) is 4.83. The molecule has 0 aliphatic heterocycles. The van der Waals surface area contributed by atoms with E-state index in [0.717, 1.165) is 51.8 Å². The fraction of sp³-hybridized carbons (Fsp3) is 0.273. The summed E-state index contributed by atoms with van der Waals surface area (Å²) >= 11 is 0. The first-order valence-electron chi connectivity index (χ1n) is 13.2. The smallest absolute Gasteiger partial charge is 0.247 e. The van der Waals surface area contributed by atoms with Gasteiger partial charge in [-0.1, -0.05) is 73.9 Å². The van der Waals surface area contributed by atoms with E-state index in [9.17, 15) is 9.59 Å². The van der Waals surface area contributed by atoms with Crippen LogP contribution in [0.25, 0.3) is 10.8 Å². The van der Waals surface area contributed by atoms with Crippen LogP contribution in [0, 0.1) is 0 Å². The van der Waals surface area contributed by atoms with Crippen molar-refractivity contribution in [2.45, 2.75) is 37.8 Å². The van der Waals surface area contributed by atoms with Gasteiger partial charge in [-0.15, -0.1) is 0 Å². The zero-order chi connectivity index (χ0) is 27.8. The van der Waals surface area contributed by atoms with Gasteiger partial charge in [0.1, 0.15) is 17.5 Å². The number of nitrogens with zero attached hydrogens (tertiary/aromatic N) is 1. The molecule has 1 aliphatic rings. The van der Waals surface area contributed by atoms with E-state index < -0.39 is 6.04 Å². The van der Waals surface area contributed by atoms with Crippen LogP contribution in [0.3, 0.4) is 0 Å². The highest BCUT2D eigenvalue weighted by molar-refractivity contribution is 5.97. The molecule has 1 atom stereocenters. The molecule has 0 radical (unpaired) electrons. The minimum absolute atomic E-state index is 0.0209. The van der Waals surface area contributed by atoms with Crippen LogP contribution in [0.1, 0.15) is 36.4 Å². The van der Waals surface area contributed by atoms with E-state index in [1.165, 1.54) is 0 Å². The lowest BCUT2D eigenvalue weighted by molar-refractivity contribution is -0.141. The molecule has 4 rings (SSSR count). The van der Waals surface area contributed by atoms with Crippen molar-refractivity contribution in [3.8, 4) is 11.5 Å². The van der Waals surface area contributed by atoms with Crippen molar-refractivity contribution in [2.75, 3.05) is 20.8 Å². The second-order valence-corrected chi connectivity index (χ2v) is 9.58. The van der Waals surface area contributed by atoms with E-state index in [4.69, 9.17) is 9.47 Å². The summed E-state index contributed by atoms with van der Waals surface area (Å²) in [5.41, 5.74) is 2.66. The van der Waals surface area contributed by atoms with Crippen LogP contribution in [0.15, 0.2) is 97.6 Å². The summed E-state index contributed by atoms with van der Waals surface area (Å²) < 4.78 is 10.8. The summed E-state index contributed by atoms with van der Waals surface area (Å²) in [4.78, 5) is 29.6. The molecule has 1 N–H and O–H groups in total. The van der Waals surface area contributed by atoms with Crippen molar-refractivity contribution < 1.29 is 19.1 Å². The Labute approximate surface area is 230 Å². The average molecular weight is 525 g/mol. The Morgan fingerprint density at radius 2 is 1.72 bits per heavy atom. The molecule has 0 saturated heterocycles. The molecular weight excluding hydrogens is 488 g/mol. The molecule has 0 aromatic heterocycles. The summed E-state index contributed by atoms with van der Waals surface area (Å²) in [6.45, 7) is 7.86. The van der Waals surface area contributed by atoms with E-state index in [1.807, 2.05) is 66.7 Å². The van der Waals surface area contributed by atoms with Crippen LogP contribution in [0.4, 0.5) is 0 Å². The topological polar surface area (TPSA) is 67.9 Å². The first-order chi connectivity index (χ1) is 19.0. The van der Waals surface area contributed by atoms with Crippen LogP contribution in [-0.2, 0) is 16.0 Å². The van der Waals surface area contributed by atoms with Crippen LogP contribution >= 0.6 is 0 Å². The molecule has 0 bridgehead atoms. The van der Waals surface area contributed by atoms with Crippen molar-refractivity contribution in [1.82, 2.24) is 10.2 Å².